The predicted molar refractivity (Wildman–Crippen MR) is 119 cm³/mol. The third-order valence-corrected chi connectivity index (χ3v) is 6.34. The zero-order chi connectivity index (χ0) is 22.6. The lowest BCUT2D eigenvalue weighted by Gasteiger charge is -2.48. The summed E-state index contributed by atoms with van der Waals surface area (Å²) in [5, 5.41) is 20.5. The van der Waals surface area contributed by atoms with Crippen molar-refractivity contribution < 1.29 is 14.6 Å². The molecular formula is C25H26N4O3. The molecule has 7 nitrogen and oxygen atoms in total. The van der Waals surface area contributed by atoms with Crippen LogP contribution in [-0.4, -0.2) is 46.1 Å². The third-order valence-electron chi connectivity index (χ3n) is 6.34. The molecule has 2 atom stereocenters. The fourth-order valence-corrected chi connectivity index (χ4v) is 4.76. The molecule has 0 aliphatic carbocycles. The molecule has 0 radical (unpaired) electrons. The molecule has 1 aliphatic heterocycles. The Morgan fingerprint density at radius 3 is 2.75 bits per heavy atom. The smallest absolute Gasteiger partial charge is 0.235 e. The molecule has 1 amide bonds. The van der Waals surface area contributed by atoms with Crippen molar-refractivity contribution in [1.82, 2.24) is 14.9 Å². The van der Waals surface area contributed by atoms with Crippen LogP contribution in [0, 0.1) is 16.7 Å². The second kappa shape index (κ2) is 8.85. The molecule has 3 aromatic rings. The van der Waals surface area contributed by atoms with Gasteiger partial charge in [0.05, 0.1) is 36.5 Å². The van der Waals surface area contributed by atoms with Gasteiger partial charge in [-0.25, -0.2) is 4.98 Å². The quantitative estimate of drug-likeness (QED) is 0.625. The van der Waals surface area contributed by atoms with Crippen molar-refractivity contribution in [2.24, 2.45) is 5.41 Å². The minimum Gasteiger partial charge on any atom is -0.475 e. The summed E-state index contributed by atoms with van der Waals surface area (Å²) in [6.45, 7) is 0.169. The van der Waals surface area contributed by atoms with Gasteiger partial charge in [0.2, 0.25) is 5.91 Å². The Bertz CT molecular complexity index is 1110. The number of imidazole rings is 1. The number of hydrogen-bond acceptors (Lipinski definition) is 5. The zero-order valence-electron chi connectivity index (χ0n) is 18.0. The van der Waals surface area contributed by atoms with Crippen molar-refractivity contribution in [3.63, 3.8) is 0 Å². The number of carbonyl (C=O) groups is 1. The van der Waals surface area contributed by atoms with Gasteiger partial charge in [0, 0.05) is 19.2 Å². The van der Waals surface area contributed by atoms with Gasteiger partial charge in [0.1, 0.15) is 11.2 Å². The SMILES string of the molecule is CN1CCCCC(CO)(C(Oc2ccccc2)(c2cccc(C#N)c2)c2cnc[nH]2)C1=O. The summed E-state index contributed by atoms with van der Waals surface area (Å²) in [5.41, 5.74) is -1.21. The lowest BCUT2D eigenvalue weighted by molar-refractivity contribution is -0.160. The molecule has 164 valence electrons. The molecule has 0 spiro atoms. The summed E-state index contributed by atoms with van der Waals surface area (Å²) in [7, 11) is 1.75. The Morgan fingerprint density at radius 1 is 1.25 bits per heavy atom. The fraction of sp³-hybridized carbons (Fsp3) is 0.320. The first-order valence-corrected chi connectivity index (χ1v) is 10.7. The Hall–Kier alpha value is -3.63. The third kappa shape index (κ3) is 3.43. The van der Waals surface area contributed by atoms with Crippen molar-refractivity contribution in [3.05, 3.63) is 83.9 Å². The van der Waals surface area contributed by atoms with Gasteiger partial charge in [-0.05, 0) is 37.1 Å². The zero-order valence-corrected chi connectivity index (χ0v) is 18.0. The Morgan fingerprint density at radius 2 is 2.06 bits per heavy atom. The Labute approximate surface area is 187 Å². The minimum atomic E-state index is -1.44. The standard InChI is InChI=1S/C25H26N4O3/c1-29-13-6-5-12-24(17-30,23(29)31)25(22-16-27-18-28-22,32-21-10-3-2-4-11-21)20-9-7-8-19(14-20)15-26/h2-4,7-11,14,16,18,30H,5-6,12-13,17H2,1H3,(H,27,28). The maximum absolute atomic E-state index is 13.9. The first kappa shape index (κ1) is 21.6. The van der Waals surface area contributed by atoms with Crippen LogP contribution in [0.2, 0.25) is 0 Å². The molecular weight excluding hydrogens is 404 g/mol. The number of nitrogens with zero attached hydrogens (tertiary/aromatic N) is 3. The highest BCUT2D eigenvalue weighted by Crippen LogP contribution is 2.52. The van der Waals surface area contributed by atoms with Crippen LogP contribution in [0.15, 0.2) is 67.1 Å². The molecule has 4 rings (SSSR count). The van der Waals surface area contributed by atoms with Gasteiger partial charge in [-0.15, -0.1) is 0 Å². The second-order valence-electron chi connectivity index (χ2n) is 8.18. The van der Waals surface area contributed by atoms with Gasteiger partial charge in [0.25, 0.3) is 0 Å². The van der Waals surface area contributed by atoms with Crippen LogP contribution < -0.4 is 4.74 Å². The van der Waals surface area contributed by atoms with Gasteiger partial charge in [-0.3, -0.25) is 4.79 Å². The topological polar surface area (TPSA) is 102 Å². The van der Waals surface area contributed by atoms with E-state index in [1.165, 1.54) is 6.33 Å². The Balaban J connectivity index is 2.08. The van der Waals surface area contributed by atoms with E-state index in [0.29, 0.717) is 35.5 Å². The summed E-state index contributed by atoms with van der Waals surface area (Å²) in [6, 6.07) is 18.4. The fourth-order valence-electron chi connectivity index (χ4n) is 4.76. The number of hydrogen-bond donors (Lipinski definition) is 2. The van der Waals surface area contributed by atoms with Crippen LogP contribution in [-0.2, 0) is 10.4 Å². The van der Waals surface area contributed by atoms with Crippen molar-refractivity contribution in [2.75, 3.05) is 20.2 Å². The number of carbonyl (C=O) groups excluding carboxylic acids is 1. The summed E-state index contributed by atoms with van der Waals surface area (Å²) < 4.78 is 6.75. The highest BCUT2D eigenvalue weighted by atomic mass is 16.5. The van der Waals surface area contributed by atoms with E-state index in [1.807, 2.05) is 36.4 Å². The van der Waals surface area contributed by atoms with E-state index in [2.05, 4.69) is 16.0 Å². The first-order chi connectivity index (χ1) is 15.6. The number of H-pyrrole nitrogens is 1. The lowest BCUT2D eigenvalue weighted by atomic mass is 9.63. The molecule has 2 N–H and O–H groups in total. The summed E-state index contributed by atoms with van der Waals surface area (Å²) >= 11 is 0. The summed E-state index contributed by atoms with van der Waals surface area (Å²) in [5.74, 6) is 0.336. The van der Waals surface area contributed by atoms with Crippen LogP contribution in [0.3, 0.4) is 0 Å². The van der Waals surface area contributed by atoms with E-state index in [4.69, 9.17) is 4.74 Å². The molecule has 2 heterocycles. The number of nitrogens with one attached hydrogen (secondary N) is 1. The van der Waals surface area contributed by atoms with Crippen molar-refractivity contribution in [1.29, 1.82) is 5.26 Å². The van der Waals surface area contributed by atoms with Crippen LogP contribution in [0.1, 0.15) is 36.1 Å². The first-order valence-electron chi connectivity index (χ1n) is 10.7. The number of aliphatic hydroxyl groups excluding tert-OH is 1. The Kier molecular flexibility index (Phi) is 5.97. The number of ether oxygens (including phenoxy) is 1. The number of para-hydroxylation sites is 1. The largest absolute Gasteiger partial charge is 0.475 e. The van der Waals surface area contributed by atoms with Crippen LogP contribution >= 0.6 is 0 Å². The van der Waals surface area contributed by atoms with E-state index in [-0.39, 0.29) is 5.91 Å². The molecule has 2 unspecified atom stereocenters. The average Bonchev–Trinajstić information content (AvgIpc) is 3.34. The van der Waals surface area contributed by atoms with Gasteiger partial charge in [-0.1, -0.05) is 36.8 Å². The minimum absolute atomic E-state index is 0.203. The average molecular weight is 431 g/mol. The normalized spacial score (nSPS) is 20.8. The number of aromatic nitrogens is 2. The van der Waals surface area contributed by atoms with Gasteiger partial charge >= 0.3 is 0 Å². The summed E-state index contributed by atoms with van der Waals surface area (Å²) in [4.78, 5) is 23.0. The van der Waals surface area contributed by atoms with E-state index >= 15 is 0 Å². The van der Waals surface area contributed by atoms with E-state index < -0.39 is 17.6 Å². The number of amides is 1. The van der Waals surface area contributed by atoms with E-state index in [1.54, 1.807) is 36.3 Å². The molecule has 1 aliphatic rings. The molecule has 1 saturated heterocycles. The molecule has 32 heavy (non-hydrogen) atoms. The van der Waals surface area contributed by atoms with E-state index in [9.17, 15) is 15.2 Å². The number of aliphatic hydroxyl groups is 1. The molecule has 1 fully saturated rings. The van der Waals surface area contributed by atoms with Crippen molar-refractivity contribution in [2.45, 2.75) is 24.9 Å². The molecule has 0 bridgehead atoms. The van der Waals surface area contributed by atoms with Gasteiger partial charge in [0.15, 0.2) is 5.60 Å². The number of benzene rings is 2. The molecule has 2 aromatic carbocycles. The molecule has 7 heteroatoms. The van der Waals surface area contributed by atoms with Crippen LogP contribution in [0.4, 0.5) is 0 Å². The van der Waals surface area contributed by atoms with Gasteiger partial charge < -0.3 is 19.7 Å². The lowest BCUT2D eigenvalue weighted by Crippen LogP contribution is -2.60. The monoisotopic (exact) mass is 430 g/mol. The summed E-state index contributed by atoms with van der Waals surface area (Å²) in [6.07, 6.45) is 5.13. The number of rotatable bonds is 6. The van der Waals surface area contributed by atoms with Crippen LogP contribution in [0.5, 0.6) is 5.75 Å². The molecule has 1 aromatic heterocycles. The maximum Gasteiger partial charge on any atom is 0.235 e. The van der Waals surface area contributed by atoms with Crippen molar-refractivity contribution >= 4 is 5.91 Å². The number of aromatic amines is 1. The number of likely N-dealkylation sites (tertiary alicyclic amines) is 1. The second-order valence-corrected chi connectivity index (χ2v) is 8.18. The maximum atomic E-state index is 13.9. The highest BCUT2D eigenvalue weighted by Gasteiger charge is 2.62. The predicted octanol–water partition coefficient (Wildman–Crippen LogP) is 3.22. The highest BCUT2D eigenvalue weighted by molar-refractivity contribution is 5.85. The van der Waals surface area contributed by atoms with Gasteiger partial charge in [-0.2, -0.15) is 5.26 Å². The number of nitriles is 1. The molecule has 0 saturated carbocycles. The van der Waals surface area contributed by atoms with E-state index in [0.717, 1.165) is 12.8 Å². The van der Waals surface area contributed by atoms with Crippen LogP contribution in [0.25, 0.3) is 0 Å². The van der Waals surface area contributed by atoms with Crippen molar-refractivity contribution in [3.8, 4) is 11.8 Å².